The third-order valence-electron chi connectivity index (χ3n) is 5.21. The molecule has 172 valence electrons. The van der Waals surface area contributed by atoms with Gasteiger partial charge in [0.05, 0.1) is 17.7 Å². The minimum absolute atomic E-state index is 0.351. The highest BCUT2D eigenvalue weighted by Crippen LogP contribution is 2.21. The Kier molecular flexibility index (Phi) is 9.07. The van der Waals surface area contributed by atoms with Crippen LogP contribution in [-0.4, -0.2) is 18.5 Å². The average molecular weight is 447 g/mol. The molecule has 3 aromatic carbocycles. The van der Waals surface area contributed by atoms with Crippen molar-refractivity contribution >= 4 is 11.9 Å². The molecular weight excluding hydrogens is 416 g/mol. The molecule has 0 fully saturated rings. The minimum atomic E-state index is -0.475. The molecule has 0 amide bonds. The topological polar surface area (TPSA) is 61.8 Å². The Balaban J connectivity index is 1.49. The van der Waals surface area contributed by atoms with E-state index in [1.54, 1.807) is 48.5 Å². The molecule has 1 unspecified atom stereocenters. The number of hydrogen-bond donors (Lipinski definition) is 0. The number of carbonyl (C=O) groups excluding carboxylic acids is 2. The maximum Gasteiger partial charge on any atom is 0.343 e. The molecular formula is C28H30O5. The Morgan fingerprint density at radius 1 is 0.727 bits per heavy atom. The number of unbranched alkanes of at least 4 members (excludes halogenated alkanes) is 3. The number of carbonyl (C=O) groups is 2. The summed E-state index contributed by atoms with van der Waals surface area (Å²) in [5.41, 5.74) is 1.73. The number of esters is 2. The van der Waals surface area contributed by atoms with Crippen LogP contribution in [0.2, 0.25) is 0 Å². The molecule has 0 aromatic heterocycles. The average Bonchev–Trinajstić information content (AvgIpc) is 2.85. The molecule has 0 saturated carbocycles. The summed E-state index contributed by atoms with van der Waals surface area (Å²) in [4.78, 5) is 24.8. The summed E-state index contributed by atoms with van der Waals surface area (Å²) in [6.45, 7) is 4.67. The fourth-order valence-electron chi connectivity index (χ4n) is 3.25. The van der Waals surface area contributed by atoms with Gasteiger partial charge in [-0.1, -0.05) is 56.5 Å². The van der Waals surface area contributed by atoms with Crippen LogP contribution in [0.4, 0.5) is 0 Å². The van der Waals surface area contributed by atoms with Crippen molar-refractivity contribution in [2.24, 2.45) is 0 Å². The van der Waals surface area contributed by atoms with E-state index in [4.69, 9.17) is 14.2 Å². The van der Waals surface area contributed by atoms with Crippen molar-refractivity contribution in [1.82, 2.24) is 0 Å². The van der Waals surface area contributed by atoms with Crippen molar-refractivity contribution < 1.29 is 23.8 Å². The Morgan fingerprint density at radius 2 is 1.33 bits per heavy atom. The van der Waals surface area contributed by atoms with Crippen LogP contribution in [0.25, 0.3) is 0 Å². The molecule has 3 aromatic rings. The van der Waals surface area contributed by atoms with Crippen molar-refractivity contribution in [3.8, 4) is 11.5 Å². The van der Waals surface area contributed by atoms with Crippen molar-refractivity contribution in [3.63, 3.8) is 0 Å². The van der Waals surface area contributed by atoms with Crippen LogP contribution in [-0.2, 0) is 4.74 Å². The van der Waals surface area contributed by atoms with Crippen LogP contribution in [0.1, 0.15) is 71.9 Å². The summed E-state index contributed by atoms with van der Waals surface area (Å²) in [6.07, 6.45) is 4.22. The van der Waals surface area contributed by atoms with E-state index in [1.165, 1.54) is 12.8 Å². The largest absolute Gasteiger partial charge is 0.494 e. The van der Waals surface area contributed by atoms with Crippen LogP contribution in [0.5, 0.6) is 11.5 Å². The maximum atomic E-state index is 12.4. The lowest BCUT2D eigenvalue weighted by Crippen LogP contribution is -2.10. The molecule has 0 aliphatic carbocycles. The number of rotatable bonds is 11. The monoisotopic (exact) mass is 446 g/mol. The van der Waals surface area contributed by atoms with Gasteiger partial charge in [-0.3, -0.25) is 0 Å². The zero-order chi connectivity index (χ0) is 23.5. The van der Waals surface area contributed by atoms with E-state index in [2.05, 4.69) is 6.92 Å². The lowest BCUT2D eigenvalue weighted by Gasteiger charge is -2.13. The Morgan fingerprint density at radius 3 is 1.97 bits per heavy atom. The first kappa shape index (κ1) is 24.1. The lowest BCUT2D eigenvalue weighted by atomic mass is 10.1. The standard InChI is InChI=1S/C28H30O5/c1-3-4-5-9-20-31-25-16-12-24(13-17-25)28(30)33-26-18-14-23(15-19-26)27(29)32-21(2)22-10-7-6-8-11-22/h6-8,10-19,21H,3-5,9,20H2,1-2H3. The molecule has 0 aliphatic heterocycles. The highest BCUT2D eigenvalue weighted by molar-refractivity contribution is 5.92. The van der Waals surface area contributed by atoms with Gasteiger partial charge in [-0.05, 0) is 67.4 Å². The van der Waals surface area contributed by atoms with Gasteiger partial charge in [-0.25, -0.2) is 9.59 Å². The van der Waals surface area contributed by atoms with E-state index in [9.17, 15) is 9.59 Å². The summed E-state index contributed by atoms with van der Waals surface area (Å²) >= 11 is 0. The van der Waals surface area contributed by atoms with E-state index in [-0.39, 0.29) is 6.10 Å². The maximum absolute atomic E-state index is 12.4. The molecule has 5 heteroatoms. The SMILES string of the molecule is CCCCCCOc1ccc(C(=O)Oc2ccc(C(=O)OC(C)c3ccccc3)cc2)cc1. The van der Waals surface area contributed by atoms with Gasteiger partial charge in [0.1, 0.15) is 17.6 Å². The summed E-state index contributed by atoms with van der Waals surface area (Å²) in [6, 6.07) is 22.8. The lowest BCUT2D eigenvalue weighted by molar-refractivity contribution is 0.0338. The molecule has 0 saturated heterocycles. The van der Waals surface area contributed by atoms with Crippen LogP contribution >= 0.6 is 0 Å². The second kappa shape index (κ2) is 12.4. The highest BCUT2D eigenvalue weighted by atomic mass is 16.5. The second-order valence-corrected chi connectivity index (χ2v) is 7.81. The zero-order valence-electron chi connectivity index (χ0n) is 19.2. The zero-order valence-corrected chi connectivity index (χ0v) is 19.2. The number of benzene rings is 3. The van der Waals surface area contributed by atoms with E-state index in [1.807, 2.05) is 37.3 Å². The Labute approximate surface area is 195 Å². The fourth-order valence-corrected chi connectivity index (χ4v) is 3.25. The molecule has 0 aliphatic rings. The first-order chi connectivity index (χ1) is 16.1. The Bertz CT molecular complexity index is 1010. The number of hydrogen-bond acceptors (Lipinski definition) is 5. The van der Waals surface area contributed by atoms with E-state index in [0.717, 1.165) is 24.2 Å². The van der Waals surface area contributed by atoms with Crippen molar-refractivity contribution in [2.45, 2.75) is 45.6 Å². The number of ether oxygens (including phenoxy) is 3. The van der Waals surface area contributed by atoms with E-state index < -0.39 is 11.9 Å². The normalized spacial score (nSPS) is 11.5. The minimum Gasteiger partial charge on any atom is -0.494 e. The van der Waals surface area contributed by atoms with Gasteiger partial charge in [0.25, 0.3) is 0 Å². The summed E-state index contributed by atoms with van der Waals surface area (Å²) in [7, 11) is 0. The van der Waals surface area contributed by atoms with E-state index in [0.29, 0.717) is 23.5 Å². The quantitative estimate of drug-likeness (QED) is 0.184. The molecule has 33 heavy (non-hydrogen) atoms. The highest BCUT2D eigenvalue weighted by Gasteiger charge is 2.14. The van der Waals surface area contributed by atoms with Crippen LogP contribution in [0.3, 0.4) is 0 Å². The van der Waals surface area contributed by atoms with Gasteiger partial charge in [0, 0.05) is 0 Å². The summed E-state index contributed by atoms with van der Waals surface area (Å²) in [5, 5.41) is 0. The summed E-state index contributed by atoms with van der Waals surface area (Å²) in [5.74, 6) is 0.173. The predicted molar refractivity (Wildman–Crippen MR) is 128 cm³/mol. The molecule has 0 radical (unpaired) electrons. The molecule has 5 nitrogen and oxygen atoms in total. The Hall–Kier alpha value is -3.60. The third kappa shape index (κ3) is 7.49. The first-order valence-electron chi connectivity index (χ1n) is 11.4. The van der Waals surface area contributed by atoms with Crippen molar-refractivity contribution in [2.75, 3.05) is 6.61 Å². The van der Waals surface area contributed by atoms with E-state index >= 15 is 0 Å². The smallest absolute Gasteiger partial charge is 0.343 e. The van der Waals surface area contributed by atoms with Gasteiger partial charge < -0.3 is 14.2 Å². The molecule has 1 atom stereocenters. The predicted octanol–water partition coefficient (Wildman–Crippen LogP) is 6.78. The molecule has 3 rings (SSSR count). The van der Waals surface area contributed by atoms with Crippen LogP contribution in [0.15, 0.2) is 78.9 Å². The molecule has 0 spiro atoms. The van der Waals surface area contributed by atoms with Gasteiger partial charge >= 0.3 is 11.9 Å². The van der Waals surface area contributed by atoms with Crippen molar-refractivity contribution in [1.29, 1.82) is 0 Å². The van der Waals surface area contributed by atoms with Gasteiger partial charge in [0.2, 0.25) is 0 Å². The molecule has 0 bridgehead atoms. The van der Waals surface area contributed by atoms with Crippen LogP contribution < -0.4 is 9.47 Å². The molecule has 0 N–H and O–H groups in total. The first-order valence-corrected chi connectivity index (χ1v) is 11.4. The second-order valence-electron chi connectivity index (χ2n) is 7.81. The van der Waals surface area contributed by atoms with Crippen LogP contribution in [0, 0.1) is 0 Å². The summed E-state index contributed by atoms with van der Waals surface area (Å²) < 4.78 is 16.6. The van der Waals surface area contributed by atoms with Gasteiger partial charge in [0.15, 0.2) is 0 Å². The van der Waals surface area contributed by atoms with Gasteiger partial charge in [-0.2, -0.15) is 0 Å². The fraction of sp³-hybridized carbons (Fsp3) is 0.286. The third-order valence-corrected chi connectivity index (χ3v) is 5.21. The van der Waals surface area contributed by atoms with Gasteiger partial charge in [-0.15, -0.1) is 0 Å². The molecule has 0 heterocycles. The van der Waals surface area contributed by atoms with Crippen molar-refractivity contribution in [3.05, 3.63) is 95.6 Å².